The molecule has 0 saturated carbocycles. The highest BCUT2D eigenvalue weighted by Crippen LogP contribution is 2.37. The molecule has 4 heteroatoms. The molecule has 4 aromatic carbocycles. The van der Waals surface area contributed by atoms with E-state index in [1.165, 1.54) is 11.1 Å². The molecule has 0 heterocycles. The molecular weight excluding hydrogens is 506 g/mol. The Balaban J connectivity index is 1.69. The molecule has 4 aromatic rings. The van der Waals surface area contributed by atoms with Gasteiger partial charge in [0.05, 0.1) is 19.8 Å². The lowest BCUT2D eigenvalue weighted by Gasteiger charge is -2.28. The third kappa shape index (κ3) is 6.89. The van der Waals surface area contributed by atoms with Crippen LogP contribution in [0.25, 0.3) is 12.2 Å². The van der Waals surface area contributed by atoms with E-state index in [-0.39, 0.29) is 10.8 Å². The molecule has 0 unspecified atom stereocenters. The van der Waals surface area contributed by atoms with Crippen molar-refractivity contribution in [1.29, 1.82) is 0 Å². The van der Waals surface area contributed by atoms with Gasteiger partial charge in [0.15, 0.2) is 6.29 Å². The van der Waals surface area contributed by atoms with Crippen LogP contribution in [0.4, 0.5) is 17.1 Å². The fourth-order valence-electron chi connectivity index (χ4n) is 4.76. The summed E-state index contributed by atoms with van der Waals surface area (Å²) in [5.74, 6) is 1.13. The molecule has 0 aliphatic carbocycles. The van der Waals surface area contributed by atoms with Crippen LogP contribution < -0.4 is 14.4 Å². The zero-order valence-electron chi connectivity index (χ0n) is 25.5. The number of ether oxygens (including phenoxy) is 2. The Labute approximate surface area is 245 Å². The van der Waals surface area contributed by atoms with E-state index < -0.39 is 0 Å². The smallest absolute Gasteiger partial charge is 0.153 e. The van der Waals surface area contributed by atoms with E-state index in [0.717, 1.165) is 34.5 Å². The maximum atomic E-state index is 11.4. The molecule has 0 amide bonds. The third-order valence-corrected chi connectivity index (χ3v) is 7.30. The lowest BCUT2D eigenvalue weighted by molar-refractivity contribution is 0.112. The Morgan fingerprint density at radius 2 is 0.951 bits per heavy atom. The summed E-state index contributed by atoms with van der Waals surface area (Å²) in [6, 6.07) is 29.7. The predicted molar refractivity (Wildman–Crippen MR) is 172 cm³/mol. The molecule has 0 N–H and O–H groups in total. The topological polar surface area (TPSA) is 38.8 Å². The van der Waals surface area contributed by atoms with E-state index in [0.29, 0.717) is 17.1 Å². The van der Waals surface area contributed by atoms with E-state index in [2.05, 4.69) is 119 Å². The minimum absolute atomic E-state index is 0.0892. The van der Waals surface area contributed by atoms with Gasteiger partial charge >= 0.3 is 0 Å². The Morgan fingerprint density at radius 3 is 1.34 bits per heavy atom. The normalized spacial score (nSPS) is 11.9. The number of hydrogen-bond acceptors (Lipinski definition) is 4. The fourth-order valence-corrected chi connectivity index (χ4v) is 4.76. The summed E-state index contributed by atoms with van der Waals surface area (Å²) in [7, 11) is 3.15. The molecule has 0 atom stereocenters. The summed E-state index contributed by atoms with van der Waals surface area (Å²) in [4.78, 5) is 13.7. The summed E-state index contributed by atoms with van der Waals surface area (Å²) in [5, 5.41) is 0. The van der Waals surface area contributed by atoms with Crippen LogP contribution in [0.5, 0.6) is 11.5 Å². The van der Waals surface area contributed by atoms with Gasteiger partial charge in [-0.3, -0.25) is 4.79 Å². The predicted octanol–water partition coefficient (Wildman–Crippen LogP) is 9.75. The molecule has 212 valence electrons. The molecule has 0 saturated heterocycles. The van der Waals surface area contributed by atoms with Crippen LogP contribution in [0, 0.1) is 0 Å². The zero-order chi connectivity index (χ0) is 29.8. The van der Waals surface area contributed by atoms with Gasteiger partial charge in [-0.05, 0) is 76.1 Å². The first-order valence-corrected chi connectivity index (χ1v) is 13.9. The van der Waals surface area contributed by atoms with Crippen LogP contribution in [0.3, 0.4) is 0 Å². The second kappa shape index (κ2) is 12.1. The van der Waals surface area contributed by atoms with Crippen LogP contribution in [0.2, 0.25) is 0 Å². The highest BCUT2D eigenvalue weighted by Gasteiger charge is 2.18. The van der Waals surface area contributed by atoms with Crippen molar-refractivity contribution in [2.24, 2.45) is 0 Å². The van der Waals surface area contributed by atoms with Gasteiger partial charge in [-0.25, -0.2) is 0 Å². The van der Waals surface area contributed by atoms with E-state index >= 15 is 0 Å². The average Bonchev–Trinajstić information content (AvgIpc) is 2.96. The Hall–Kier alpha value is -4.31. The zero-order valence-corrected chi connectivity index (χ0v) is 25.5. The van der Waals surface area contributed by atoms with E-state index in [1.807, 2.05) is 18.2 Å². The van der Waals surface area contributed by atoms with Gasteiger partial charge in [0, 0.05) is 22.6 Å². The number of methoxy groups -OCH3 is 2. The van der Waals surface area contributed by atoms with E-state index in [1.54, 1.807) is 20.3 Å². The van der Waals surface area contributed by atoms with E-state index in [4.69, 9.17) is 9.47 Å². The number of carbonyl (C=O) groups excluding carboxylic acids is 1. The molecule has 0 fully saturated rings. The van der Waals surface area contributed by atoms with Crippen molar-refractivity contribution in [3.63, 3.8) is 0 Å². The van der Waals surface area contributed by atoms with Gasteiger partial charge < -0.3 is 14.4 Å². The number of carbonyl (C=O) groups is 1. The van der Waals surface area contributed by atoms with Gasteiger partial charge in [-0.1, -0.05) is 90.1 Å². The maximum Gasteiger partial charge on any atom is 0.153 e. The number of benzene rings is 4. The second-order valence-corrected chi connectivity index (χ2v) is 12.3. The molecule has 0 aromatic heterocycles. The lowest BCUT2D eigenvalue weighted by Crippen LogP contribution is -2.14. The van der Waals surface area contributed by atoms with Crippen molar-refractivity contribution < 1.29 is 14.3 Å². The van der Waals surface area contributed by atoms with Gasteiger partial charge in [0.25, 0.3) is 0 Å². The standard InChI is InChI=1S/C37H41NO3/c1-36(2,3)29-13-19-32(20-14-29)38(33-21-15-30(16-22-33)37(4,5)6)31-17-10-26(11-18-31)9-12-27-23-35(41-8)28(25-39)24-34(27)40-7/h9-25H,1-8H3/b12-9+. The number of rotatable bonds is 8. The SMILES string of the molecule is COc1cc(/C=C/c2ccc(N(c3ccc(C(C)(C)C)cc3)c3ccc(C(C)(C)C)cc3)cc2)c(OC)cc1C=O. The molecule has 0 aliphatic heterocycles. The molecule has 0 spiro atoms. The minimum Gasteiger partial charge on any atom is -0.496 e. The highest BCUT2D eigenvalue weighted by molar-refractivity contribution is 5.84. The van der Waals surface area contributed by atoms with Crippen molar-refractivity contribution in [2.45, 2.75) is 52.4 Å². The second-order valence-electron chi connectivity index (χ2n) is 12.3. The van der Waals surface area contributed by atoms with Gasteiger partial charge in [0.1, 0.15) is 11.5 Å². The van der Waals surface area contributed by atoms with Crippen molar-refractivity contribution in [3.8, 4) is 11.5 Å². The Kier molecular flexibility index (Phi) is 8.72. The summed E-state index contributed by atoms with van der Waals surface area (Å²) in [5.41, 5.74) is 8.40. The summed E-state index contributed by atoms with van der Waals surface area (Å²) in [6.07, 6.45) is 4.77. The van der Waals surface area contributed by atoms with Crippen molar-refractivity contribution in [2.75, 3.05) is 19.1 Å². The summed E-state index contributed by atoms with van der Waals surface area (Å²) >= 11 is 0. The Morgan fingerprint density at radius 1 is 0.561 bits per heavy atom. The summed E-state index contributed by atoms with van der Waals surface area (Å²) in [6.45, 7) is 13.4. The van der Waals surface area contributed by atoms with Gasteiger partial charge in [-0.2, -0.15) is 0 Å². The van der Waals surface area contributed by atoms with Crippen LogP contribution in [-0.2, 0) is 10.8 Å². The third-order valence-electron chi connectivity index (χ3n) is 7.30. The van der Waals surface area contributed by atoms with Gasteiger partial charge in [-0.15, -0.1) is 0 Å². The quantitative estimate of drug-likeness (QED) is 0.163. The lowest BCUT2D eigenvalue weighted by atomic mass is 9.86. The first-order chi connectivity index (χ1) is 19.4. The monoisotopic (exact) mass is 547 g/mol. The molecule has 4 rings (SSSR count). The highest BCUT2D eigenvalue weighted by atomic mass is 16.5. The van der Waals surface area contributed by atoms with E-state index in [9.17, 15) is 4.79 Å². The molecule has 4 nitrogen and oxygen atoms in total. The molecule has 0 aliphatic rings. The molecular formula is C37H41NO3. The van der Waals surface area contributed by atoms with Crippen LogP contribution in [0.1, 0.15) is 74.2 Å². The van der Waals surface area contributed by atoms with Crippen molar-refractivity contribution in [1.82, 2.24) is 0 Å². The molecule has 0 bridgehead atoms. The van der Waals surface area contributed by atoms with Gasteiger partial charge in [0.2, 0.25) is 0 Å². The minimum atomic E-state index is 0.0892. The van der Waals surface area contributed by atoms with Crippen LogP contribution in [-0.4, -0.2) is 20.5 Å². The Bertz CT molecular complexity index is 1440. The average molecular weight is 548 g/mol. The maximum absolute atomic E-state index is 11.4. The molecule has 41 heavy (non-hydrogen) atoms. The number of hydrogen-bond donors (Lipinski definition) is 0. The number of nitrogens with zero attached hydrogens (tertiary/aromatic N) is 1. The summed E-state index contributed by atoms with van der Waals surface area (Å²) < 4.78 is 10.9. The molecule has 0 radical (unpaired) electrons. The number of aldehydes is 1. The number of anilines is 3. The van der Waals surface area contributed by atoms with Crippen molar-refractivity contribution in [3.05, 3.63) is 113 Å². The first-order valence-electron chi connectivity index (χ1n) is 13.9. The first kappa shape index (κ1) is 29.7. The fraction of sp³-hybridized carbons (Fsp3) is 0.270. The largest absolute Gasteiger partial charge is 0.496 e. The van der Waals surface area contributed by atoms with Crippen molar-refractivity contribution >= 4 is 35.5 Å². The van der Waals surface area contributed by atoms with Crippen LogP contribution in [0.15, 0.2) is 84.9 Å². The van der Waals surface area contributed by atoms with Crippen LogP contribution >= 0.6 is 0 Å².